The molecule has 0 radical (unpaired) electrons. The number of methoxy groups -OCH3 is 2. The number of benzene rings is 2. The molecule has 1 amide bonds. The summed E-state index contributed by atoms with van der Waals surface area (Å²) >= 11 is 0. The first-order valence-electron chi connectivity index (χ1n) is 9.26. The number of hydrogen-bond donors (Lipinski definition) is 1. The molecule has 5 heteroatoms. The maximum atomic E-state index is 12.5. The molecular formula is C22H27N2O3+. The van der Waals surface area contributed by atoms with Crippen molar-refractivity contribution in [2.24, 2.45) is 0 Å². The van der Waals surface area contributed by atoms with Gasteiger partial charge in [-0.1, -0.05) is 30.3 Å². The van der Waals surface area contributed by atoms with Gasteiger partial charge in [0.15, 0.2) is 0 Å². The molecule has 0 bridgehead atoms. The van der Waals surface area contributed by atoms with Gasteiger partial charge in [-0.2, -0.15) is 0 Å². The molecule has 1 N–H and O–H groups in total. The van der Waals surface area contributed by atoms with E-state index in [0.29, 0.717) is 5.75 Å². The Morgan fingerprint density at radius 2 is 1.81 bits per heavy atom. The van der Waals surface area contributed by atoms with Crippen LogP contribution in [0.5, 0.6) is 11.5 Å². The Bertz CT molecular complexity index is 781. The number of nitrogens with zero attached hydrogens (tertiary/aromatic N) is 1. The number of carbonyl (C=O) groups excluding carboxylic acids is 1. The van der Waals surface area contributed by atoms with Crippen LogP contribution >= 0.6 is 0 Å². The second kappa shape index (κ2) is 9.24. The van der Waals surface area contributed by atoms with Crippen molar-refractivity contribution in [2.45, 2.75) is 6.54 Å². The SMILES string of the molecule is COc1ccc(/C=C/C(=O)N2CC[NH+](Cc3ccccc3)CC2)c(OC)c1. The topological polar surface area (TPSA) is 43.2 Å². The van der Waals surface area contributed by atoms with E-state index in [0.717, 1.165) is 44.0 Å². The van der Waals surface area contributed by atoms with Crippen molar-refractivity contribution < 1.29 is 19.2 Å². The lowest BCUT2D eigenvalue weighted by atomic mass is 10.1. The van der Waals surface area contributed by atoms with Crippen molar-refractivity contribution in [2.75, 3.05) is 40.4 Å². The summed E-state index contributed by atoms with van der Waals surface area (Å²) in [6, 6.07) is 16.1. The second-order valence-electron chi connectivity index (χ2n) is 6.68. The highest BCUT2D eigenvalue weighted by atomic mass is 16.5. The molecule has 1 fully saturated rings. The summed E-state index contributed by atoms with van der Waals surface area (Å²) in [4.78, 5) is 16.0. The molecule has 2 aromatic carbocycles. The summed E-state index contributed by atoms with van der Waals surface area (Å²) in [5.74, 6) is 1.47. The average molecular weight is 367 g/mol. The minimum absolute atomic E-state index is 0.0478. The number of quaternary nitrogens is 1. The van der Waals surface area contributed by atoms with E-state index in [9.17, 15) is 4.79 Å². The molecule has 3 rings (SSSR count). The fourth-order valence-corrected chi connectivity index (χ4v) is 3.33. The average Bonchev–Trinajstić information content (AvgIpc) is 2.73. The lowest BCUT2D eigenvalue weighted by molar-refractivity contribution is -0.917. The number of ether oxygens (including phenoxy) is 2. The van der Waals surface area contributed by atoms with Crippen molar-refractivity contribution >= 4 is 12.0 Å². The Labute approximate surface area is 160 Å². The number of rotatable bonds is 6. The minimum atomic E-state index is 0.0478. The lowest BCUT2D eigenvalue weighted by Gasteiger charge is -2.31. The van der Waals surface area contributed by atoms with E-state index < -0.39 is 0 Å². The van der Waals surface area contributed by atoms with Crippen LogP contribution < -0.4 is 14.4 Å². The summed E-state index contributed by atoms with van der Waals surface area (Å²) in [7, 11) is 3.23. The van der Waals surface area contributed by atoms with E-state index in [2.05, 4.69) is 24.3 Å². The molecule has 1 aliphatic heterocycles. The first kappa shape index (κ1) is 19.0. The van der Waals surface area contributed by atoms with Gasteiger partial charge in [-0.05, 0) is 18.2 Å². The molecule has 0 aliphatic carbocycles. The van der Waals surface area contributed by atoms with Crippen LogP contribution in [0.4, 0.5) is 0 Å². The highest BCUT2D eigenvalue weighted by Crippen LogP contribution is 2.25. The van der Waals surface area contributed by atoms with Gasteiger partial charge in [-0.15, -0.1) is 0 Å². The fourth-order valence-electron chi connectivity index (χ4n) is 3.33. The van der Waals surface area contributed by atoms with Gasteiger partial charge in [0.05, 0.1) is 40.4 Å². The van der Waals surface area contributed by atoms with Gasteiger partial charge in [0.25, 0.3) is 0 Å². The molecule has 0 unspecified atom stereocenters. The van der Waals surface area contributed by atoms with Crippen molar-refractivity contribution in [3.05, 3.63) is 65.7 Å². The molecule has 0 spiro atoms. The van der Waals surface area contributed by atoms with Crippen molar-refractivity contribution in [3.63, 3.8) is 0 Å². The summed E-state index contributed by atoms with van der Waals surface area (Å²) in [6.45, 7) is 4.53. The highest BCUT2D eigenvalue weighted by molar-refractivity contribution is 5.92. The van der Waals surface area contributed by atoms with Crippen molar-refractivity contribution in [1.82, 2.24) is 4.90 Å². The zero-order valence-corrected chi connectivity index (χ0v) is 16.0. The molecule has 0 saturated carbocycles. The van der Waals surface area contributed by atoms with Crippen LogP contribution in [0.3, 0.4) is 0 Å². The third kappa shape index (κ3) is 5.11. The summed E-state index contributed by atoms with van der Waals surface area (Å²) < 4.78 is 10.6. The zero-order chi connectivity index (χ0) is 19.1. The molecule has 5 nitrogen and oxygen atoms in total. The molecule has 2 aromatic rings. The first-order valence-corrected chi connectivity index (χ1v) is 9.26. The Morgan fingerprint density at radius 3 is 2.48 bits per heavy atom. The van der Waals surface area contributed by atoms with E-state index in [1.165, 1.54) is 10.5 Å². The van der Waals surface area contributed by atoms with Crippen LogP contribution in [0, 0.1) is 0 Å². The quantitative estimate of drug-likeness (QED) is 0.790. The molecule has 142 valence electrons. The van der Waals surface area contributed by atoms with Gasteiger partial charge in [0.1, 0.15) is 18.0 Å². The van der Waals surface area contributed by atoms with E-state index in [1.807, 2.05) is 35.2 Å². The lowest BCUT2D eigenvalue weighted by Crippen LogP contribution is -3.13. The van der Waals surface area contributed by atoms with E-state index in [1.54, 1.807) is 20.3 Å². The van der Waals surface area contributed by atoms with Gasteiger partial charge < -0.3 is 19.3 Å². The van der Waals surface area contributed by atoms with Crippen molar-refractivity contribution in [3.8, 4) is 11.5 Å². The number of carbonyl (C=O) groups is 1. The van der Waals surface area contributed by atoms with E-state index >= 15 is 0 Å². The maximum absolute atomic E-state index is 12.5. The maximum Gasteiger partial charge on any atom is 0.246 e. The Balaban J connectivity index is 1.54. The predicted molar refractivity (Wildman–Crippen MR) is 106 cm³/mol. The summed E-state index contributed by atoms with van der Waals surface area (Å²) in [5, 5.41) is 0. The van der Waals surface area contributed by atoms with Crippen LogP contribution in [0.2, 0.25) is 0 Å². The number of amides is 1. The van der Waals surface area contributed by atoms with E-state index in [-0.39, 0.29) is 5.91 Å². The standard InChI is InChI=1S/C22H26N2O3/c1-26-20-10-8-19(21(16-20)27-2)9-11-22(25)24-14-12-23(13-15-24)17-18-6-4-3-5-7-18/h3-11,16H,12-15,17H2,1-2H3/p+1/b11-9+. The molecule has 0 atom stereocenters. The van der Waals surface area contributed by atoms with Crippen LogP contribution in [-0.2, 0) is 11.3 Å². The van der Waals surface area contributed by atoms with Crippen molar-refractivity contribution in [1.29, 1.82) is 0 Å². The van der Waals surface area contributed by atoms with Gasteiger partial charge in [0.2, 0.25) is 5.91 Å². The van der Waals surface area contributed by atoms with E-state index in [4.69, 9.17) is 9.47 Å². The normalized spacial score (nSPS) is 15.1. The third-order valence-electron chi connectivity index (χ3n) is 4.93. The minimum Gasteiger partial charge on any atom is -0.497 e. The largest absolute Gasteiger partial charge is 0.497 e. The monoisotopic (exact) mass is 367 g/mol. The molecular weight excluding hydrogens is 340 g/mol. The molecule has 1 aliphatic rings. The van der Waals surface area contributed by atoms with Crippen LogP contribution in [0.1, 0.15) is 11.1 Å². The predicted octanol–water partition coefficient (Wildman–Crippen LogP) is 1.64. The summed E-state index contributed by atoms with van der Waals surface area (Å²) in [5.41, 5.74) is 2.21. The molecule has 1 heterocycles. The molecule has 27 heavy (non-hydrogen) atoms. The second-order valence-corrected chi connectivity index (χ2v) is 6.68. The van der Waals surface area contributed by atoms with Gasteiger partial charge >= 0.3 is 0 Å². The van der Waals surface area contributed by atoms with Gasteiger partial charge in [0, 0.05) is 23.3 Å². The Hall–Kier alpha value is -2.79. The third-order valence-corrected chi connectivity index (χ3v) is 4.93. The van der Waals surface area contributed by atoms with Crippen LogP contribution in [-0.4, -0.2) is 51.2 Å². The zero-order valence-electron chi connectivity index (χ0n) is 16.0. The smallest absolute Gasteiger partial charge is 0.246 e. The van der Waals surface area contributed by atoms with Gasteiger partial charge in [-0.25, -0.2) is 0 Å². The van der Waals surface area contributed by atoms with Gasteiger partial charge in [-0.3, -0.25) is 4.79 Å². The highest BCUT2D eigenvalue weighted by Gasteiger charge is 2.22. The Kier molecular flexibility index (Phi) is 6.49. The fraction of sp³-hybridized carbons (Fsp3) is 0.318. The molecule has 1 saturated heterocycles. The summed E-state index contributed by atoms with van der Waals surface area (Å²) in [6.07, 6.45) is 3.44. The Morgan fingerprint density at radius 1 is 1.07 bits per heavy atom. The number of nitrogens with one attached hydrogen (secondary N) is 1. The first-order chi connectivity index (χ1) is 13.2. The molecule has 0 aromatic heterocycles. The number of hydrogen-bond acceptors (Lipinski definition) is 3. The van der Waals surface area contributed by atoms with Crippen LogP contribution in [0.25, 0.3) is 6.08 Å². The number of piperazine rings is 1. The van der Waals surface area contributed by atoms with Crippen LogP contribution in [0.15, 0.2) is 54.6 Å².